The zero-order chi connectivity index (χ0) is 18.4. The van der Waals surface area contributed by atoms with Crippen LogP contribution in [0.25, 0.3) is 0 Å². The highest BCUT2D eigenvalue weighted by molar-refractivity contribution is 5.78. The zero-order valence-electron chi connectivity index (χ0n) is 15.4. The van der Waals surface area contributed by atoms with Gasteiger partial charge in [-0.05, 0) is 50.8 Å². The molecule has 140 valence electrons. The lowest BCUT2D eigenvalue weighted by molar-refractivity contribution is -0.120. The molecule has 0 aliphatic carbocycles. The molecule has 1 saturated heterocycles. The molecule has 3 rings (SSSR count). The van der Waals surface area contributed by atoms with Crippen LogP contribution in [-0.2, 0) is 22.6 Å². The first kappa shape index (κ1) is 18.5. The predicted octanol–water partition coefficient (Wildman–Crippen LogP) is 3.10. The molecule has 1 atom stereocenters. The van der Waals surface area contributed by atoms with E-state index in [9.17, 15) is 4.79 Å². The smallest absolute Gasteiger partial charge is 0.224 e. The summed E-state index contributed by atoms with van der Waals surface area (Å²) in [6.45, 7) is 5.71. The van der Waals surface area contributed by atoms with Crippen molar-refractivity contribution in [1.29, 1.82) is 0 Å². The highest BCUT2D eigenvalue weighted by Gasteiger charge is 2.15. The molecule has 6 heteroatoms. The van der Waals surface area contributed by atoms with Crippen LogP contribution in [0.4, 0.5) is 0 Å². The summed E-state index contributed by atoms with van der Waals surface area (Å²) in [6.07, 6.45) is 3.80. The molecule has 6 nitrogen and oxygen atoms in total. The van der Waals surface area contributed by atoms with Crippen LogP contribution in [0.1, 0.15) is 41.8 Å². The van der Waals surface area contributed by atoms with E-state index in [1.165, 1.54) is 0 Å². The molecule has 0 spiro atoms. The molecule has 1 aliphatic rings. The molecule has 1 aliphatic heterocycles. The van der Waals surface area contributed by atoms with Crippen LogP contribution in [0.3, 0.4) is 0 Å². The van der Waals surface area contributed by atoms with Crippen LogP contribution >= 0.6 is 0 Å². The number of rotatable bonds is 8. The van der Waals surface area contributed by atoms with Gasteiger partial charge in [0.25, 0.3) is 0 Å². The lowest BCUT2D eigenvalue weighted by atomic mass is 10.1. The number of ether oxygens (including phenoxy) is 2. The Hall–Kier alpha value is -2.34. The Balaban J connectivity index is 1.41. The summed E-state index contributed by atoms with van der Waals surface area (Å²) in [5, 5.41) is 6.88. The molecule has 0 bridgehead atoms. The number of nitrogens with one attached hydrogen (secondary N) is 1. The first-order valence-electron chi connectivity index (χ1n) is 9.13. The zero-order valence-corrected chi connectivity index (χ0v) is 15.4. The Bertz CT molecular complexity index is 698. The van der Waals surface area contributed by atoms with E-state index < -0.39 is 0 Å². The third-order valence-electron chi connectivity index (χ3n) is 4.66. The molecule has 2 heterocycles. The van der Waals surface area contributed by atoms with Crippen LogP contribution in [0.15, 0.2) is 28.8 Å². The topological polar surface area (TPSA) is 73.6 Å². The van der Waals surface area contributed by atoms with Gasteiger partial charge in [0, 0.05) is 13.2 Å². The monoisotopic (exact) mass is 358 g/mol. The molecule has 0 radical (unpaired) electrons. The first-order chi connectivity index (χ1) is 12.6. The van der Waals surface area contributed by atoms with Crippen LogP contribution in [0.2, 0.25) is 0 Å². The quantitative estimate of drug-likeness (QED) is 0.785. The van der Waals surface area contributed by atoms with Gasteiger partial charge in [-0.15, -0.1) is 0 Å². The number of nitrogens with zero attached hydrogens (tertiary/aromatic N) is 1. The summed E-state index contributed by atoms with van der Waals surface area (Å²) in [7, 11) is 0. The maximum atomic E-state index is 12.0. The first-order valence-corrected chi connectivity index (χ1v) is 9.13. The van der Waals surface area contributed by atoms with Crippen molar-refractivity contribution in [1.82, 2.24) is 10.5 Å². The molecule has 1 N–H and O–H groups in total. The summed E-state index contributed by atoms with van der Waals surface area (Å²) in [6, 6.07) is 7.60. The van der Waals surface area contributed by atoms with Gasteiger partial charge in [0.2, 0.25) is 5.91 Å². The fourth-order valence-corrected chi connectivity index (χ4v) is 3.06. The summed E-state index contributed by atoms with van der Waals surface area (Å²) in [5.41, 5.74) is 2.78. The minimum absolute atomic E-state index is 0.0346. The maximum Gasteiger partial charge on any atom is 0.224 e. The maximum absolute atomic E-state index is 12.0. The highest BCUT2D eigenvalue weighted by Crippen LogP contribution is 2.18. The van der Waals surface area contributed by atoms with Crippen molar-refractivity contribution in [2.45, 2.75) is 52.2 Å². The van der Waals surface area contributed by atoms with Crippen molar-refractivity contribution >= 4 is 5.91 Å². The summed E-state index contributed by atoms with van der Waals surface area (Å²) < 4.78 is 16.5. The SMILES string of the molecule is Cc1noc(C)c1COc1ccc(CC(=O)NCCC2CCCO2)cc1. The van der Waals surface area contributed by atoms with Crippen molar-refractivity contribution in [3.8, 4) is 5.75 Å². The number of benzene rings is 1. The van der Waals surface area contributed by atoms with Crippen molar-refractivity contribution in [2.75, 3.05) is 13.2 Å². The molecular weight excluding hydrogens is 332 g/mol. The molecule has 26 heavy (non-hydrogen) atoms. The van der Waals surface area contributed by atoms with Gasteiger partial charge in [0.05, 0.1) is 23.8 Å². The molecule has 1 unspecified atom stereocenters. The van der Waals surface area contributed by atoms with Crippen molar-refractivity contribution in [3.05, 3.63) is 46.8 Å². The van der Waals surface area contributed by atoms with Crippen molar-refractivity contribution in [3.63, 3.8) is 0 Å². The summed E-state index contributed by atoms with van der Waals surface area (Å²) in [4.78, 5) is 12.0. The molecule has 1 fully saturated rings. The van der Waals surface area contributed by atoms with Crippen LogP contribution in [0, 0.1) is 13.8 Å². The Morgan fingerprint density at radius 1 is 1.31 bits per heavy atom. The average Bonchev–Trinajstić information content (AvgIpc) is 3.25. The molecule has 1 aromatic heterocycles. The summed E-state index contributed by atoms with van der Waals surface area (Å²) >= 11 is 0. The minimum atomic E-state index is 0.0346. The number of amides is 1. The van der Waals surface area contributed by atoms with E-state index in [-0.39, 0.29) is 5.91 Å². The van der Waals surface area contributed by atoms with Gasteiger partial charge >= 0.3 is 0 Å². The van der Waals surface area contributed by atoms with E-state index in [0.717, 1.165) is 54.2 Å². The van der Waals surface area contributed by atoms with Crippen LogP contribution in [0.5, 0.6) is 5.75 Å². The summed E-state index contributed by atoms with van der Waals surface area (Å²) in [5.74, 6) is 1.57. The molecule has 2 aromatic rings. The van der Waals surface area contributed by atoms with Gasteiger partial charge in [-0.25, -0.2) is 0 Å². The minimum Gasteiger partial charge on any atom is -0.489 e. The third kappa shape index (κ3) is 5.08. The van der Waals surface area contributed by atoms with E-state index >= 15 is 0 Å². The Labute approximate surface area is 153 Å². The van der Waals surface area contributed by atoms with Crippen LogP contribution < -0.4 is 10.1 Å². The van der Waals surface area contributed by atoms with Crippen LogP contribution in [-0.4, -0.2) is 30.3 Å². The number of hydrogen-bond donors (Lipinski definition) is 1. The Kier molecular flexibility index (Phi) is 6.28. The van der Waals surface area contributed by atoms with Gasteiger partial charge in [-0.1, -0.05) is 17.3 Å². The second-order valence-corrected chi connectivity index (χ2v) is 6.69. The normalized spacial score (nSPS) is 16.6. The van der Waals surface area contributed by atoms with Gasteiger partial charge < -0.3 is 19.3 Å². The van der Waals surface area contributed by atoms with E-state index in [4.69, 9.17) is 14.0 Å². The standard InChI is InChI=1S/C20H26N2O4/c1-14-19(15(2)26-22-14)13-25-18-7-5-16(6-8-18)12-20(23)21-10-9-17-4-3-11-24-17/h5-8,17H,3-4,9-13H2,1-2H3,(H,21,23). The predicted molar refractivity (Wildman–Crippen MR) is 97.1 cm³/mol. The second-order valence-electron chi connectivity index (χ2n) is 6.69. The number of carbonyl (C=O) groups excluding carboxylic acids is 1. The molecule has 1 aromatic carbocycles. The molecule has 1 amide bonds. The second kappa shape index (κ2) is 8.85. The number of aromatic nitrogens is 1. The fourth-order valence-electron chi connectivity index (χ4n) is 3.06. The largest absolute Gasteiger partial charge is 0.489 e. The number of hydrogen-bond acceptors (Lipinski definition) is 5. The Morgan fingerprint density at radius 2 is 2.12 bits per heavy atom. The Morgan fingerprint density at radius 3 is 2.77 bits per heavy atom. The average molecular weight is 358 g/mol. The van der Waals surface area contributed by atoms with E-state index in [0.29, 0.717) is 25.7 Å². The lowest BCUT2D eigenvalue weighted by Gasteiger charge is -2.10. The van der Waals surface area contributed by atoms with Gasteiger partial charge in [0.15, 0.2) is 0 Å². The number of aryl methyl sites for hydroxylation is 2. The molecule has 0 saturated carbocycles. The number of carbonyl (C=O) groups is 1. The molecular formula is C20H26N2O4. The van der Waals surface area contributed by atoms with E-state index in [1.807, 2.05) is 38.1 Å². The highest BCUT2D eigenvalue weighted by atomic mass is 16.5. The van der Waals surface area contributed by atoms with Crippen molar-refractivity contribution in [2.24, 2.45) is 0 Å². The van der Waals surface area contributed by atoms with E-state index in [1.54, 1.807) is 0 Å². The van der Waals surface area contributed by atoms with Crippen molar-refractivity contribution < 1.29 is 18.8 Å². The third-order valence-corrected chi connectivity index (χ3v) is 4.66. The van der Waals surface area contributed by atoms with E-state index in [2.05, 4.69) is 10.5 Å². The van der Waals surface area contributed by atoms with Gasteiger partial charge in [0.1, 0.15) is 18.1 Å². The van der Waals surface area contributed by atoms with Gasteiger partial charge in [-0.3, -0.25) is 4.79 Å². The van der Waals surface area contributed by atoms with Gasteiger partial charge in [-0.2, -0.15) is 0 Å². The lowest BCUT2D eigenvalue weighted by Crippen LogP contribution is -2.28. The fraction of sp³-hybridized carbons (Fsp3) is 0.500.